The number of hydrogen-bond acceptors (Lipinski definition) is 4. The number of benzene rings is 2. The molecule has 1 aliphatic rings. The van der Waals surface area contributed by atoms with Crippen LogP contribution in [0, 0.1) is 0 Å². The Balaban J connectivity index is 1.79. The zero-order valence-electron chi connectivity index (χ0n) is 15.7. The Morgan fingerprint density at radius 3 is 2.57 bits per heavy atom. The third-order valence-electron chi connectivity index (χ3n) is 4.67. The summed E-state index contributed by atoms with van der Waals surface area (Å²) in [4.78, 5) is 16.4. The van der Waals surface area contributed by atoms with Crippen LogP contribution in [0.4, 0.5) is 24.5 Å². The molecular formula is C20H22F3N3OS. The molecule has 0 bridgehead atoms. The fraction of sp³-hybridized carbons (Fsp3) is 0.350. The van der Waals surface area contributed by atoms with Gasteiger partial charge in [0.25, 0.3) is 5.91 Å². The third kappa shape index (κ3) is 4.44. The lowest BCUT2D eigenvalue weighted by molar-refractivity contribution is -0.137. The molecular weight excluding hydrogens is 387 g/mol. The van der Waals surface area contributed by atoms with Crippen LogP contribution in [-0.2, 0) is 6.18 Å². The Bertz CT molecular complexity index is 866. The first-order valence-electron chi connectivity index (χ1n) is 9.13. The molecule has 0 saturated carbocycles. The summed E-state index contributed by atoms with van der Waals surface area (Å²) in [5.74, 6) is -0.243. The number of rotatable bonds is 6. The van der Waals surface area contributed by atoms with Crippen LogP contribution < -0.4 is 10.6 Å². The maximum Gasteiger partial charge on any atom is 0.416 e. The van der Waals surface area contributed by atoms with Crippen LogP contribution in [-0.4, -0.2) is 37.0 Å². The van der Waals surface area contributed by atoms with Crippen molar-refractivity contribution in [2.75, 3.05) is 31.5 Å². The largest absolute Gasteiger partial charge is 0.416 e. The van der Waals surface area contributed by atoms with E-state index in [0.29, 0.717) is 28.4 Å². The van der Waals surface area contributed by atoms with Gasteiger partial charge in [0, 0.05) is 22.9 Å². The molecule has 0 unspecified atom stereocenters. The first-order chi connectivity index (χ1) is 13.3. The second kappa shape index (κ2) is 8.45. The number of nitrogens with one attached hydrogen (secondary N) is 2. The van der Waals surface area contributed by atoms with Gasteiger partial charge in [0.15, 0.2) is 0 Å². The molecule has 0 spiro atoms. The van der Waals surface area contributed by atoms with Crippen LogP contribution in [0.1, 0.15) is 29.8 Å². The van der Waals surface area contributed by atoms with Gasteiger partial charge in [-0.25, -0.2) is 0 Å². The van der Waals surface area contributed by atoms with Crippen molar-refractivity contribution in [2.24, 2.45) is 0 Å². The molecule has 0 aromatic heterocycles. The molecule has 3 rings (SSSR count). The van der Waals surface area contributed by atoms with Crippen molar-refractivity contribution in [1.82, 2.24) is 10.2 Å². The Hall–Kier alpha value is -2.19. The number of halogens is 3. The van der Waals surface area contributed by atoms with E-state index in [-0.39, 0.29) is 5.91 Å². The van der Waals surface area contributed by atoms with E-state index in [1.807, 2.05) is 6.07 Å². The number of para-hydroxylation sites is 1. The first-order valence-corrected chi connectivity index (χ1v) is 9.94. The van der Waals surface area contributed by atoms with Gasteiger partial charge in [0.05, 0.1) is 22.5 Å². The minimum atomic E-state index is -4.41. The molecule has 2 N–H and O–H groups in total. The van der Waals surface area contributed by atoms with Gasteiger partial charge in [-0.05, 0) is 43.4 Å². The molecule has 4 nitrogen and oxygen atoms in total. The fourth-order valence-corrected chi connectivity index (χ4v) is 4.05. The summed E-state index contributed by atoms with van der Waals surface area (Å²) in [6.45, 7) is 7.19. The molecule has 1 heterocycles. The normalized spacial score (nSPS) is 12.9. The van der Waals surface area contributed by atoms with Crippen LogP contribution in [0.25, 0.3) is 0 Å². The van der Waals surface area contributed by atoms with Crippen LogP contribution >= 0.6 is 11.8 Å². The van der Waals surface area contributed by atoms with Gasteiger partial charge in [-0.3, -0.25) is 4.79 Å². The zero-order chi connectivity index (χ0) is 20.3. The van der Waals surface area contributed by atoms with Crippen LogP contribution in [0.3, 0.4) is 0 Å². The summed E-state index contributed by atoms with van der Waals surface area (Å²) in [6, 6.07) is 8.91. The Kier molecular flexibility index (Phi) is 6.20. The average Bonchev–Trinajstić information content (AvgIpc) is 2.68. The smallest absolute Gasteiger partial charge is 0.353 e. The summed E-state index contributed by atoms with van der Waals surface area (Å²) >= 11 is 1.35. The van der Waals surface area contributed by atoms with Crippen molar-refractivity contribution in [2.45, 2.75) is 29.8 Å². The molecule has 150 valence electrons. The van der Waals surface area contributed by atoms with Gasteiger partial charge < -0.3 is 15.5 Å². The SMILES string of the molecule is CCN(CC)CCNC(=O)c1cccc2c1Nc1cc(C(F)(F)F)ccc1S2. The van der Waals surface area contributed by atoms with E-state index in [1.54, 1.807) is 12.1 Å². The highest BCUT2D eigenvalue weighted by atomic mass is 32.2. The van der Waals surface area contributed by atoms with Crippen molar-refractivity contribution < 1.29 is 18.0 Å². The molecule has 0 radical (unpaired) electrons. The summed E-state index contributed by atoms with van der Waals surface area (Å²) in [6.07, 6.45) is -4.41. The van der Waals surface area contributed by atoms with Crippen molar-refractivity contribution in [3.8, 4) is 0 Å². The van der Waals surface area contributed by atoms with Crippen LogP contribution in [0.2, 0.25) is 0 Å². The molecule has 8 heteroatoms. The van der Waals surface area contributed by atoms with Gasteiger partial charge in [-0.15, -0.1) is 0 Å². The summed E-state index contributed by atoms with van der Waals surface area (Å²) in [7, 11) is 0. The van der Waals surface area contributed by atoms with E-state index < -0.39 is 11.7 Å². The summed E-state index contributed by atoms with van der Waals surface area (Å²) in [5.41, 5.74) is 0.604. The van der Waals surface area contributed by atoms with Crippen molar-refractivity contribution >= 4 is 29.0 Å². The molecule has 2 aromatic carbocycles. The number of anilines is 2. The number of nitrogens with zero attached hydrogens (tertiary/aromatic N) is 1. The van der Waals surface area contributed by atoms with Crippen molar-refractivity contribution in [3.63, 3.8) is 0 Å². The minimum Gasteiger partial charge on any atom is -0.353 e. The Morgan fingerprint density at radius 1 is 1.14 bits per heavy atom. The molecule has 0 saturated heterocycles. The van der Waals surface area contributed by atoms with E-state index in [4.69, 9.17) is 0 Å². The van der Waals surface area contributed by atoms with E-state index in [9.17, 15) is 18.0 Å². The first kappa shape index (κ1) is 20.5. The van der Waals surface area contributed by atoms with Crippen molar-refractivity contribution in [1.29, 1.82) is 0 Å². The zero-order valence-corrected chi connectivity index (χ0v) is 16.5. The number of hydrogen-bond donors (Lipinski definition) is 2. The predicted molar refractivity (Wildman–Crippen MR) is 105 cm³/mol. The minimum absolute atomic E-state index is 0.243. The number of alkyl halides is 3. The molecule has 1 amide bonds. The van der Waals surface area contributed by atoms with E-state index in [0.717, 1.165) is 36.7 Å². The number of carbonyl (C=O) groups excluding carboxylic acids is 1. The molecule has 28 heavy (non-hydrogen) atoms. The Morgan fingerprint density at radius 2 is 1.89 bits per heavy atom. The fourth-order valence-electron chi connectivity index (χ4n) is 3.04. The molecule has 1 aliphatic heterocycles. The summed E-state index contributed by atoms with van der Waals surface area (Å²) in [5, 5.41) is 5.93. The summed E-state index contributed by atoms with van der Waals surface area (Å²) < 4.78 is 39.1. The molecule has 0 fully saturated rings. The van der Waals surface area contributed by atoms with Gasteiger partial charge in [-0.1, -0.05) is 31.7 Å². The molecule has 0 aliphatic carbocycles. The maximum absolute atomic E-state index is 13.0. The number of carbonyl (C=O) groups is 1. The van der Waals surface area contributed by atoms with E-state index in [2.05, 4.69) is 29.4 Å². The van der Waals surface area contributed by atoms with Gasteiger partial charge >= 0.3 is 6.18 Å². The van der Waals surface area contributed by atoms with Crippen molar-refractivity contribution in [3.05, 3.63) is 47.5 Å². The highest BCUT2D eigenvalue weighted by Gasteiger charge is 2.32. The van der Waals surface area contributed by atoms with Gasteiger partial charge in [-0.2, -0.15) is 13.2 Å². The monoisotopic (exact) mass is 409 g/mol. The van der Waals surface area contributed by atoms with E-state index in [1.165, 1.54) is 17.8 Å². The van der Waals surface area contributed by atoms with Gasteiger partial charge in [0.2, 0.25) is 0 Å². The topological polar surface area (TPSA) is 44.4 Å². The number of likely N-dealkylation sites (N-methyl/N-ethyl adjacent to an activating group) is 1. The quantitative estimate of drug-likeness (QED) is 0.602. The highest BCUT2D eigenvalue weighted by molar-refractivity contribution is 7.99. The lowest BCUT2D eigenvalue weighted by atomic mass is 10.1. The number of amides is 1. The maximum atomic E-state index is 13.0. The third-order valence-corrected chi connectivity index (χ3v) is 5.80. The second-order valence-electron chi connectivity index (χ2n) is 6.40. The predicted octanol–water partition coefficient (Wildman–Crippen LogP) is 4.99. The lowest BCUT2D eigenvalue weighted by Crippen LogP contribution is -2.35. The molecule has 0 atom stereocenters. The Labute approximate surface area is 166 Å². The van der Waals surface area contributed by atoms with Crippen LogP contribution in [0.5, 0.6) is 0 Å². The molecule has 2 aromatic rings. The van der Waals surface area contributed by atoms with Crippen LogP contribution in [0.15, 0.2) is 46.2 Å². The standard InChI is InChI=1S/C20H22F3N3OS/c1-3-26(4-2)11-10-24-19(27)14-6-5-7-17-18(14)25-15-12-13(20(21,22)23)8-9-16(15)28-17/h5-9,12,25H,3-4,10-11H2,1-2H3,(H,24,27). The average molecular weight is 409 g/mol. The lowest BCUT2D eigenvalue weighted by Gasteiger charge is -2.24. The number of fused-ring (bicyclic) bond motifs is 2. The van der Waals surface area contributed by atoms with Gasteiger partial charge in [0.1, 0.15) is 0 Å². The van der Waals surface area contributed by atoms with E-state index >= 15 is 0 Å². The second-order valence-corrected chi connectivity index (χ2v) is 7.48. The highest BCUT2D eigenvalue weighted by Crippen LogP contribution is 2.47.